The molecule has 7 N–H and O–H groups in total. The van der Waals surface area contributed by atoms with Crippen molar-refractivity contribution in [1.82, 2.24) is 10.6 Å². The van der Waals surface area contributed by atoms with E-state index in [4.69, 9.17) is 16.9 Å². The van der Waals surface area contributed by atoms with Gasteiger partial charge < -0.3 is 22.1 Å². The summed E-state index contributed by atoms with van der Waals surface area (Å²) in [5.41, 5.74) is 14.1. The predicted octanol–water partition coefficient (Wildman–Crippen LogP) is 1.44. The molecule has 0 aliphatic carbocycles. The van der Waals surface area contributed by atoms with Gasteiger partial charge in [-0.3, -0.25) is 15.0 Å². The van der Waals surface area contributed by atoms with Crippen molar-refractivity contribution in [3.8, 4) is 0 Å². The van der Waals surface area contributed by atoms with E-state index in [1.807, 2.05) is 30.3 Å². The van der Waals surface area contributed by atoms with Crippen molar-refractivity contribution in [3.63, 3.8) is 0 Å². The van der Waals surface area contributed by atoms with Crippen LogP contribution in [0.3, 0.4) is 0 Å². The first-order valence-electron chi connectivity index (χ1n) is 9.67. The lowest BCUT2D eigenvalue weighted by atomic mass is 10.0. The van der Waals surface area contributed by atoms with Crippen molar-refractivity contribution in [1.29, 1.82) is 5.41 Å². The molecule has 2 aromatic carbocycles. The largest absolute Gasteiger partial charge is 0.384 e. The molecule has 154 valence electrons. The standard InChI is InChI=1S/C22H29N5O2/c1-15(21(28)26-14-17-10-12-18(13-11-17)20(24)25)27-22(29)19(23)9-5-8-16-6-3-2-4-7-16/h2-4,6-7,10-13,15,19H,5,8-9,14,23H2,1H3,(H3,24,25)(H,26,28)(H,27,29)/t15-,19+/m0/s1. The maximum atomic E-state index is 12.2. The molecular formula is C22H29N5O2. The number of hydrogen-bond donors (Lipinski definition) is 5. The Labute approximate surface area is 171 Å². The third kappa shape index (κ3) is 7.38. The molecule has 7 heteroatoms. The fourth-order valence-corrected chi connectivity index (χ4v) is 2.83. The molecule has 2 atom stereocenters. The maximum Gasteiger partial charge on any atom is 0.242 e. The molecular weight excluding hydrogens is 366 g/mol. The molecule has 2 amide bonds. The summed E-state index contributed by atoms with van der Waals surface area (Å²) in [5.74, 6) is -0.617. The molecule has 0 aliphatic heterocycles. The van der Waals surface area contributed by atoms with Gasteiger partial charge in [0.05, 0.1) is 6.04 Å². The zero-order chi connectivity index (χ0) is 21.2. The summed E-state index contributed by atoms with van der Waals surface area (Å²) in [4.78, 5) is 24.5. The highest BCUT2D eigenvalue weighted by molar-refractivity contribution is 5.94. The molecule has 0 aliphatic rings. The van der Waals surface area contributed by atoms with Crippen LogP contribution in [0.1, 0.15) is 36.5 Å². The second-order valence-corrected chi connectivity index (χ2v) is 7.04. The number of amidine groups is 1. The van der Waals surface area contributed by atoms with Crippen LogP contribution in [0, 0.1) is 5.41 Å². The third-order valence-corrected chi connectivity index (χ3v) is 4.64. The molecule has 0 aromatic heterocycles. The van der Waals surface area contributed by atoms with Gasteiger partial charge in [0.15, 0.2) is 0 Å². The minimum absolute atomic E-state index is 0.00275. The van der Waals surface area contributed by atoms with E-state index in [0.29, 0.717) is 18.5 Å². The van der Waals surface area contributed by atoms with Crippen molar-refractivity contribution >= 4 is 17.6 Å². The molecule has 0 bridgehead atoms. The number of nitrogens with two attached hydrogens (primary N) is 2. The molecule has 0 saturated heterocycles. The lowest BCUT2D eigenvalue weighted by molar-refractivity contribution is -0.129. The minimum Gasteiger partial charge on any atom is -0.384 e. The average molecular weight is 396 g/mol. The van der Waals surface area contributed by atoms with Gasteiger partial charge >= 0.3 is 0 Å². The zero-order valence-electron chi connectivity index (χ0n) is 16.7. The summed E-state index contributed by atoms with van der Waals surface area (Å²) < 4.78 is 0. The number of aryl methyl sites for hydroxylation is 1. The van der Waals surface area contributed by atoms with Crippen LogP contribution < -0.4 is 22.1 Å². The van der Waals surface area contributed by atoms with Crippen molar-refractivity contribution in [2.24, 2.45) is 11.5 Å². The quantitative estimate of drug-likeness (QED) is 0.307. The molecule has 7 nitrogen and oxygen atoms in total. The minimum atomic E-state index is -0.681. The SMILES string of the molecule is C[C@H](NC(=O)[C@H](N)CCCc1ccccc1)C(=O)NCc1ccc(C(=N)N)cc1. The molecule has 2 rings (SSSR count). The second-order valence-electron chi connectivity index (χ2n) is 7.04. The molecule has 29 heavy (non-hydrogen) atoms. The number of carbonyl (C=O) groups excluding carboxylic acids is 2. The van der Waals surface area contributed by atoms with Crippen LogP contribution >= 0.6 is 0 Å². The van der Waals surface area contributed by atoms with Crippen LogP contribution in [-0.4, -0.2) is 29.7 Å². The summed E-state index contributed by atoms with van der Waals surface area (Å²) in [7, 11) is 0. The monoisotopic (exact) mass is 395 g/mol. The molecule has 0 unspecified atom stereocenters. The number of carbonyl (C=O) groups is 2. The molecule has 0 spiro atoms. The smallest absolute Gasteiger partial charge is 0.242 e. The topological polar surface area (TPSA) is 134 Å². The zero-order valence-corrected chi connectivity index (χ0v) is 16.7. The predicted molar refractivity (Wildman–Crippen MR) is 114 cm³/mol. The van der Waals surface area contributed by atoms with Gasteiger partial charge in [-0.25, -0.2) is 0 Å². The van der Waals surface area contributed by atoms with Crippen LogP contribution in [0.5, 0.6) is 0 Å². The molecule has 0 fully saturated rings. The van der Waals surface area contributed by atoms with Crippen LogP contribution in [-0.2, 0) is 22.6 Å². The van der Waals surface area contributed by atoms with Crippen molar-refractivity contribution in [2.75, 3.05) is 0 Å². The van der Waals surface area contributed by atoms with E-state index in [0.717, 1.165) is 18.4 Å². The normalized spacial score (nSPS) is 12.6. The molecule has 0 heterocycles. The summed E-state index contributed by atoms with van der Waals surface area (Å²) >= 11 is 0. The maximum absolute atomic E-state index is 12.2. The Balaban J connectivity index is 1.71. The Hall–Kier alpha value is -3.19. The number of hydrogen-bond acceptors (Lipinski definition) is 4. The Kier molecular flexibility index (Phi) is 8.36. The number of rotatable bonds is 10. The first-order chi connectivity index (χ1) is 13.9. The van der Waals surface area contributed by atoms with Gasteiger partial charge in [0.25, 0.3) is 0 Å². The first-order valence-corrected chi connectivity index (χ1v) is 9.67. The van der Waals surface area contributed by atoms with E-state index in [2.05, 4.69) is 10.6 Å². The first kappa shape index (κ1) is 22.1. The number of nitrogens with one attached hydrogen (secondary N) is 3. The van der Waals surface area contributed by atoms with E-state index in [-0.39, 0.29) is 17.6 Å². The highest BCUT2D eigenvalue weighted by Crippen LogP contribution is 2.06. The summed E-state index contributed by atoms with van der Waals surface area (Å²) in [6, 6.07) is 15.7. The van der Waals surface area contributed by atoms with Gasteiger partial charge in [-0.2, -0.15) is 0 Å². The Morgan fingerprint density at radius 3 is 2.28 bits per heavy atom. The fourth-order valence-electron chi connectivity index (χ4n) is 2.83. The van der Waals surface area contributed by atoms with Gasteiger partial charge in [0, 0.05) is 12.1 Å². The fraction of sp³-hybridized carbons (Fsp3) is 0.318. The second kappa shape index (κ2) is 11.0. The Morgan fingerprint density at radius 2 is 1.66 bits per heavy atom. The Bertz CT molecular complexity index is 821. The third-order valence-electron chi connectivity index (χ3n) is 4.64. The van der Waals surface area contributed by atoms with Gasteiger partial charge in [0.1, 0.15) is 11.9 Å². The Morgan fingerprint density at radius 1 is 1.00 bits per heavy atom. The van der Waals surface area contributed by atoms with Crippen LogP contribution in [0.4, 0.5) is 0 Å². The van der Waals surface area contributed by atoms with Crippen molar-refractivity contribution in [3.05, 3.63) is 71.3 Å². The highest BCUT2D eigenvalue weighted by atomic mass is 16.2. The average Bonchev–Trinajstić information content (AvgIpc) is 2.72. The van der Waals surface area contributed by atoms with Gasteiger partial charge in [-0.1, -0.05) is 54.6 Å². The number of nitrogen functional groups attached to an aromatic ring is 1. The van der Waals surface area contributed by atoms with E-state index < -0.39 is 12.1 Å². The number of benzene rings is 2. The van der Waals surface area contributed by atoms with Crippen molar-refractivity contribution < 1.29 is 9.59 Å². The number of amides is 2. The van der Waals surface area contributed by atoms with Gasteiger partial charge in [-0.05, 0) is 37.3 Å². The van der Waals surface area contributed by atoms with Gasteiger partial charge in [-0.15, -0.1) is 0 Å². The lowest BCUT2D eigenvalue weighted by Gasteiger charge is -2.17. The van der Waals surface area contributed by atoms with E-state index in [1.54, 1.807) is 31.2 Å². The lowest BCUT2D eigenvalue weighted by Crippen LogP contribution is -2.50. The summed E-state index contributed by atoms with van der Waals surface area (Å²) in [5, 5.41) is 12.8. The van der Waals surface area contributed by atoms with Crippen LogP contribution in [0.2, 0.25) is 0 Å². The van der Waals surface area contributed by atoms with Crippen LogP contribution in [0.15, 0.2) is 54.6 Å². The van der Waals surface area contributed by atoms with Gasteiger partial charge in [0.2, 0.25) is 11.8 Å². The van der Waals surface area contributed by atoms with E-state index >= 15 is 0 Å². The summed E-state index contributed by atoms with van der Waals surface area (Å²) in [6.07, 6.45) is 2.22. The highest BCUT2D eigenvalue weighted by Gasteiger charge is 2.19. The van der Waals surface area contributed by atoms with Crippen molar-refractivity contribution in [2.45, 2.75) is 44.8 Å². The summed E-state index contributed by atoms with van der Waals surface area (Å²) in [6.45, 7) is 1.95. The molecule has 0 saturated carbocycles. The van der Waals surface area contributed by atoms with E-state index in [1.165, 1.54) is 5.56 Å². The van der Waals surface area contributed by atoms with Crippen LogP contribution in [0.25, 0.3) is 0 Å². The molecule has 2 aromatic rings. The molecule has 0 radical (unpaired) electrons. The van der Waals surface area contributed by atoms with E-state index in [9.17, 15) is 9.59 Å².